The molecule has 0 bridgehead atoms. The summed E-state index contributed by atoms with van der Waals surface area (Å²) in [7, 11) is 3.44. The Kier molecular flexibility index (Phi) is 5.76. The Balaban J connectivity index is 1.58. The SMILES string of the molecule is CN(C)c1ccc(C(=O)OCC(=O)N2CCOC3CCCCC32)cc1F. The molecule has 0 spiro atoms. The maximum Gasteiger partial charge on any atom is 0.338 e. The highest BCUT2D eigenvalue weighted by Gasteiger charge is 2.36. The van der Waals surface area contributed by atoms with Crippen LogP contribution < -0.4 is 4.90 Å². The fraction of sp³-hybridized carbons (Fsp3) is 0.579. The van der Waals surface area contributed by atoms with Crippen LogP contribution in [0.3, 0.4) is 0 Å². The third-order valence-corrected chi connectivity index (χ3v) is 5.04. The van der Waals surface area contributed by atoms with E-state index in [0.29, 0.717) is 18.8 Å². The molecule has 2 atom stereocenters. The summed E-state index contributed by atoms with van der Waals surface area (Å²) in [6.45, 7) is 0.695. The summed E-state index contributed by atoms with van der Waals surface area (Å²) in [6.07, 6.45) is 4.16. The van der Waals surface area contributed by atoms with Gasteiger partial charge in [-0.1, -0.05) is 12.8 Å². The minimum absolute atomic E-state index is 0.0699. The number of hydrogen-bond acceptors (Lipinski definition) is 5. The molecule has 1 saturated carbocycles. The van der Waals surface area contributed by atoms with E-state index in [0.717, 1.165) is 31.7 Å². The van der Waals surface area contributed by atoms with Crippen LogP contribution in [-0.2, 0) is 14.3 Å². The van der Waals surface area contributed by atoms with Crippen molar-refractivity contribution in [3.8, 4) is 0 Å². The molecule has 0 N–H and O–H groups in total. The summed E-state index contributed by atoms with van der Waals surface area (Å²) in [5, 5.41) is 0. The van der Waals surface area contributed by atoms with Crippen LogP contribution >= 0.6 is 0 Å². The van der Waals surface area contributed by atoms with Crippen molar-refractivity contribution < 1.29 is 23.5 Å². The zero-order chi connectivity index (χ0) is 18.7. The van der Waals surface area contributed by atoms with Crippen molar-refractivity contribution in [2.24, 2.45) is 0 Å². The topological polar surface area (TPSA) is 59.1 Å². The molecule has 6 nitrogen and oxygen atoms in total. The molecule has 1 aliphatic carbocycles. The van der Waals surface area contributed by atoms with Gasteiger partial charge in [0, 0.05) is 20.6 Å². The second kappa shape index (κ2) is 8.03. The van der Waals surface area contributed by atoms with Crippen molar-refractivity contribution in [1.29, 1.82) is 0 Å². The Labute approximate surface area is 152 Å². The summed E-state index contributed by atoms with van der Waals surface area (Å²) in [5.41, 5.74) is 0.479. The smallest absolute Gasteiger partial charge is 0.338 e. The van der Waals surface area contributed by atoms with E-state index in [1.165, 1.54) is 12.1 Å². The van der Waals surface area contributed by atoms with Gasteiger partial charge in [-0.2, -0.15) is 0 Å². The predicted molar refractivity (Wildman–Crippen MR) is 94.7 cm³/mol. The van der Waals surface area contributed by atoms with Crippen LogP contribution in [0, 0.1) is 5.82 Å². The van der Waals surface area contributed by atoms with Crippen LogP contribution in [0.5, 0.6) is 0 Å². The second-order valence-electron chi connectivity index (χ2n) is 6.98. The van der Waals surface area contributed by atoms with Crippen molar-refractivity contribution in [2.75, 3.05) is 38.8 Å². The molecule has 2 unspecified atom stereocenters. The maximum atomic E-state index is 14.0. The minimum Gasteiger partial charge on any atom is -0.452 e. The van der Waals surface area contributed by atoms with Gasteiger partial charge in [0.25, 0.3) is 5.91 Å². The number of morpholine rings is 1. The van der Waals surface area contributed by atoms with Crippen LogP contribution in [0.4, 0.5) is 10.1 Å². The molecule has 142 valence electrons. The van der Waals surface area contributed by atoms with Crippen LogP contribution in [0.2, 0.25) is 0 Å². The van der Waals surface area contributed by atoms with Gasteiger partial charge in [0.2, 0.25) is 0 Å². The quantitative estimate of drug-likeness (QED) is 0.767. The average Bonchev–Trinajstić information content (AvgIpc) is 2.65. The first-order valence-electron chi connectivity index (χ1n) is 9.02. The number of anilines is 1. The lowest BCUT2D eigenvalue weighted by Crippen LogP contribution is -2.55. The molecule has 1 saturated heterocycles. The van der Waals surface area contributed by atoms with Gasteiger partial charge in [-0.25, -0.2) is 9.18 Å². The van der Waals surface area contributed by atoms with Crippen molar-refractivity contribution >= 4 is 17.6 Å². The molecule has 26 heavy (non-hydrogen) atoms. The zero-order valence-corrected chi connectivity index (χ0v) is 15.2. The number of fused-ring (bicyclic) bond motifs is 1. The first kappa shape index (κ1) is 18.6. The Morgan fingerprint density at radius 3 is 2.81 bits per heavy atom. The molecular formula is C19H25FN2O4. The van der Waals surface area contributed by atoms with Crippen molar-refractivity contribution in [2.45, 2.75) is 37.8 Å². The Bertz CT molecular complexity index is 678. The number of rotatable bonds is 4. The number of amides is 1. The summed E-state index contributed by atoms with van der Waals surface area (Å²) in [6, 6.07) is 4.22. The summed E-state index contributed by atoms with van der Waals surface area (Å²) in [5.74, 6) is -1.42. The monoisotopic (exact) mass is 364 g/mol. The first-order chi connectivity index (χ1) is 12.5. The van der Waals surface area contributed by atoms with Crippen molar-refractivity contribution in [3.05, 3.63) is 29.6 Å². The molecule has 1 aromatic carbocycles. The van der Waals surface area contributed by atoms with E-state index in [4.69, 9.17) is 9.47 Å². The van der Waals surface area contributed by atoms with E-state index in [-0.39, 0.29) is 30.2 Å². The van der Waals surface area contributed by atoms with Gasteiger partial charge in [0.1, 0.15) is 5.82 Å². The number of carbonyl (C=O) groups excluding carboxylic acids is 2. The Hall–Kier alpha value is -2.15. The standard InChI is InChI=1S/C19H25FN2O4/c1-21(2)15-8-7-13(11-14(15)20)19(24)26-12-18(23)22-9-10-25-17-6-4-3-5-16(17)22/h7-8,11,16-17H,3-6,9-10,12H2,1-2H3. The molecule has 1 aliphatic heterocycles. The number of esters is 1. The number of carbonyl (C=O) groups is 2. The predicted octanol–water partition coefficient (Wildman–Crippen LogP) is 2.22. The number of ether oxygens (including phenoxy) is 2. The van der Waals surface area contributed by atoms with Gasteiger partial charge in [-0.15, -0.1) is 0 Å². The fourth-order valence-corrected chi connectivity index (χ4v) is 3.70. The lowest BCUT2D eigenvalue weighted by molar-refractivity contribution is -0.152. The minimum atomic E-state index is -0.698. The van der Waals surface area contributed by atoms with Gasteiger partial charge < -0.3 is 19.3 Å². The highest BCUT2D eigenvalue weighted by Crippen LogP contribution is 2.28. The van der Waals surface area contributed by atoms with Gasteiger partial charge in [-0.3, -0.25) is 4.79 Å². The van der Waals surface area contributed by atoms with Crippen LogP contribution in [0.15, 0.2) is 18.2 Å². The Morgan fingerprint density at radius 2 is 2.08 bits per heavy atom. The van der Waals surface area contributed by atoms with E-state index < -0.39 is 11.8 Å². The second-order valence-corrected chi connectivity index (χ2v) is 6.98. The largest absolute Gasteiger partial charge is 0.452 e. The lowest BCUT2D eigenvalue weighted by atomic mass is 9.90. The van der Waals surface area contributed by atoms with E-state index in [9.17, 15) is 14.0 Å². The van der Waals surface area contributed by atoms with Gasteiger partial charge in [0.05, 0.1) is 30.0 Å². The number of halogens is 1. The van der Waals surface area contributed by atoms with Gasteiger partial charge >= 0.3 is 5.97 Å². The molecule has 1 amide bonds. The molecule has 2 fully saturated rings. The van der Waals surface area contributed by atoms with E-state index >= 15 is 0 Å². The normalized spacial score (nSPS) is 22.5. The van der Waals surface area contributed by atoms with Crippen molar-refractivity contribution in [3.63, 3.8) is 0 Å². The summed E-state index contributed by atoms with van der Waals surface area (Å²) < 4.78 is 24.9. The van der Waals surface area contributed by atoms with Crippen LogP contribution in [0.1, 0.15) is 36.0 Å². The zero-order valence-electron chi connectivity index (χ0n) is 15.2. The first-order valence-corrected chi connectivity index (χ1v) is 9.02. The van der Waals surface area contributed by atoms with E-state index in [1.807, 2.05) is 0 Å². The van der Waals surface area contributed by atoms with Crippen LogP contribution in [-0.4, -0.2) is 62.8 Å². The number of benzene rings is 1. The van der Waals surface area contributed by atoms with E-state index in [1.54, 1.807) is 23.9 Å². The number of nitrogens with zero attached hydrogens (tertiary/aromatic N) is 2. The molecule has 0 radical (unpaired) electrons. The van der Waals surface area contributed by atoms with Crippen molar-refractivity contribution in [1.82, 2.24) is 4.90 Å². The van der Waals surface area contributed by atoms with E-state index in [2.05, 4.69) is 0 Å². The summed E-state index contributed by atoms with van der Waals surface area (Å²) in [4.78, 5) is 28.1. The van der Waals surface area contributed by atoms with Gasteiger partial charge in [0.15, 0.2) is 6.61 Å². The van der Waals surface area contributed by atoms with Crippen LogP contribution in [0.25, 0.3) is 0 Å². The molecule has 3 rings (SSSR count). The lowest BCUT2D eigenvalue weighted by Gasteiger charge is -2.43. The number of hydrogen-bond donors (Lipinski definition) is 0. The molecule has 1 heterocycles. The maximum absolute atomic E-state index is 14.0. The molecule has 1 aromatic rings. The highest BCUT2D eigenvalue weighted by atomic mass is 19.1. The third kappa shape index (κ3) is 3.98. The molecule has 2 aliphatic rings. The average molecular weight is 364 g/mol. The molecular weight excluding hydrogens is 339 g/mol. The fourth-order valence-electron chi connectivity index (χ4n) is 3.70. The summed E-state index contributed by atoms with van der Waals surface area (Å²) >= 11 is 0. The highest BCUT2D eigenvalue weighted by molar-refractivity contribution is 5.91. The van der Waals surface area contributed by atoms with Gasteiger partial charge in [-0.05, 0) is 31.0 Å². The Morgan fingerprint density at radius 1 is 1.31 bits per heavy atom. The third-order valence-electron chi connectivity index (χ3n) is 5.04. The molecule has 0 aromatic heterocycles. The molecule has 7 heteroatoms.